The lowest BCUT2D eigenvalue weighted by Crippen LogP contribution is -1.82. The van der Waals surface area contributed by atoms with E-state index in [9.17, 15) is 0 Å². The Kier molecular flexibility index (Phi) is 3.95. The largest absolute Gasteiger partial charge is 0.497 e. The van der Waals surface area contributed by atoms with Crippen LogP contribution in [0.3, 0.4) is 0 Å². The van der Waals surface area contributed by atoms with Gasteiger partial charge in [-0.15, -0.1) is 0 Å². The number of aromatic amines is 1. The zero-order chi connectivity index (χ0) is 17.2. The minimum Gasteiger partial charge on any atom is -0.497 e. The van der Waals surface area contributed by atoms with Crippen molar-refractivity contribution in [3.63, 3.8) is 0 Å². The molecule has 0 aliphatic rings. The standard InChI is InChI=1S/C18H13ClN4O2/c1-24-14-7-5-11(6-8-14)15-10-16(22-21-15)18-20-17(23-25-18)12-3-2-4-13(19)9-12/h2-10H,1H3,(H,21,22). The Hall–Kier alpha value is -3.12. The number of hydrogen-bond acceptors (Lipinski definition) is 5. The van der Waals surface area contributed by atoms with Gasteiger partial charge in [0.15, 0.2) is 0 Å². The quantitative estimate of drug-likeness (QED) is 0.587. The number of aromatic nitrogens is 4. The van der Waals surface area contributed by atoms with Crippen LogP contribution in [0.25, 0.3) is 34.2 Å². The summed E-state index contributed by atoms with van der Waals surface area (Å²) in [5.74, 6) is 1.63. The summed E-state index contributed by atoms with van der Waals surface area (Å²) < 4.78 is 10.5. The lowest BCUT2D eigenvalue weighted by molar-refractivity contribution is 0.415. The van der Waals surface area contributed by atoms with E-state index in [0.717, 1.165) is 22.6 Å². The Morgan fingerprint density at radius 1 is 1.04 bits per heavy atom. The molecule has 7 heteroatoms. The maximum Gasteiger partial charge on any atom is 0.276 e. The zero-order valence-corrected chi connectivity index (χ0v) is 14.0. The first-order valence-corrected chi connectivity index (χ1v) is 7.90. The van der Waals surface area contributed by atoms with E-state index in [1.165, 1.54) is 0 Å². The van der Waals surface area contributed by atoms with Gasteiger partial charge in [0.1, 0.15) is 11.4 Å². The fraction of sp³-hybridized carbons (Fsp3) is 0.0556. The molecule has 2 aromatic carbocycles. The van der Waals surface area contributed by atoms with E-state index in [2.05, 4.69) is 20.3 Å². The second-order valence-corrected chi connectivity index (χ2v) is 5.77. The Bertz CT molecular complexity index is 1010. The average Bonchev–Trinajstić information content (AvgIpc) is 3.31. The van der Waals surface area contributed by atoms with E-state index < -0.39 is 0 Å². The monoisotopic (exact) mass is 352 g/mol. The summed E-state index contributed by atoms with van der Waals surface area (Å²) in [7, 11) is 1.63. The molecule has 25 heavy (non-hydrogen) atoms. The summed E-state index contributed by atoms with van der Waals surface area (Å²) in [6, 6.07) is 16.8. The van der Waals surface area contributed by atoms with Gasteiger partial charge in [-0.25, -0.2) is 0 Å². The molecular formula is C18H13ClN4O2. The number of hydrogen-bond donors (Lipinski definition) is 1. The second-order valence-electron chi connectivity index (χ2n) is 5.33. The van der Waals surface area contributed by atoms with Crippen molar-refractivity contribution in [3.8, 4) is 40.0 Å². The molecule has 0 radical (unpaired) electrons. The third-order valence-electron chi connectivity index (χ3n) is 3.70. The van der Waals surface area contributed by atoms with Gasteiger partial charge in [-0.1, -0.05) is 28.9 Å². The summed E-state index contributed by atoms with van der Waals surface area (Å²) in [5.41, 5.74) is 3.17. The van der Waals surface area contributed by atoms with Gasteiger partial charge in [-0.2, -0.15) is 10.1 Å². The molecule has 2 aromatic heterocycles. The van der Waals surface area contributed by atoms with Crippen LogP contribution in [0.2, 0.25) is 5.02 Å². The summed E-state index contributed by atoms with van der Waals surface area (Å²) in [6.45, 7) is 0. The van der Waals surface area contributed by atoms with Crippen LogP contribution in [0.5, 0.6) is 5.75 Å². The van der Waals surface area contributed by atoms with Crippen molar-refractivity contribution >= 4 is 11.6 Å². The molecule has 4 aromatic rings. The van der Waals surface area contributed by atoms with E-state index in [0.29, 0.717) is 22.4 Å². The molecule has 0 fully saturated rings. The molecule has 0 saturated heterocycles. The van der Waals surface area contributed by atoms with Gasteiger partial charge < -0.3 is 9.26 Å². The van der Waals surface area contributed by atoms with Crippen molar-refractivity contribution in [1.29, 1.82) is 0 Å². The number of ether oxygens (including phenoxy) is 1. The van der Waals surface area contributed by atoms with Gasteiger partial charge in [-0.05, 0) is 42.5 Å². The third-order valence-corrected chi connectivity index (χ3v) is 3.94. The molecule has 124 valence electrons. The fourth-order valence-corrected chi connectivity index (χ4v) is 2.61. The molecule has 0 amide bonds. The van der Waals surface area contributed by atoms with Crippen molar-refractivity contribution in [1.82, 2.24) is 20.3 Å². The van der Waals surface area contributed by atoms with Gasteiger partial charge in [-0.3, -0.25) is 5.10 Å². The first kappa shape index (κ1) is 15.4. The molecule has 0 aliphatic carbocycles. The summed E-state index contributed by atoms with van der Waals surface area (Å²) in [4.78, 5) is 4.40. The summed E-state index contributed by atoms with van der Waals surface area (Å²) >= 11 is 6.00. The molecule has 4 rings (SSSR count). The normalized spacial score (nSPS) is 10.8. The molecule has 0 atom stereocenters. The zero-order valence-electron chi connectivity index (χ0n) is 13.2. The first-order chi connectivity index (χ1) is 12.2. The van der Waals surface area contributed by atoms with Crippen molar-refractivity contribution < 1.29 is 9.26 Å². The average molecular weight is 353 g/mol. The van der Waals surface area contributed by atoms with Gasteiger partial charge in [0.05, 0.1) is 12.8 Å². The van der Waals surface area contributed by atoms with Gasteiger partial charge >= 0.3 is 0 Å². The minimum atomic E-state index is 0.363. The predicted molar refractivity (Wildman–Crippen MR) is 94.3 cm³/mol. The Morgan fingerprint density at radius 3 is 2.64 bits per heavy atom. The SMILES string of the molecule is COc1ccc(-c2cc(-c3nc(-c4cccc(Cl)c4)no3)[nH]n2)cc1. The number of H-pyrrole nitrogens is 1. The van der Waals surface area contributed by atoms with E-state index in [4.69, 9.17) is 20.9 Å². The highest BCUT2D eigenvalue weighted by atomic mass is 35.5. The van der Waals surface area contributed by atoms with Gasteiger partial charge in [0.2, 0.25) is 5.82 Å². The number of halogens is 1. The molecule has 0 bridgehead atoms. The van der Waals surface area contributed by atoms with E-state index >= 15 is 0 Å². The highest BCUT2D eigenvalue weighted by Crippen LogP contribution is 2.26. The fourth-order valence-electron chi connectivity index (χ4n) is 2.42. The molecule has 0 unspecified atom stereocenters. The molecule has 6 nitrogen and oxygen atoms in total. The highest BCUT2D eigenvalue weighted by molar-refractivity contribution is 6.30. The van der Waals surface area contributed by atoms with Crippen LogP contribution < -0.4 is 4.74 Å². The van der Waals surface area contributed by atoms with Gasteiger partial charge in [0.25, 0.3) is 5.89 Å². The lowest BCUT2D eigenvalue weighted by atomic mass is 10.1. The molecule has 0 aliphatic heterocycles. The summed E-state index contributed by atoms with van der Waals surface area (Å²) in [6.07, 6.45) is 0. The molecule has 0 saturated carbocycles. The number of methoxy groups -OCH3 is 1. The number of nitrogens with one attached hydrogen (secondary N) is 1. The molecule has 0 spiro atoms. The topological polar surface area (TPSA) is 76.8 Å². The Morgan fingerprint density at radius 2 is 1.88 bits per heavy atom. The smallest absolute Gasteiger partial charge is 0.276 e. The molecular weight excluding hydrogens is 340 g/mol. The van der Waals surface area contributed by atoms with Crippen molar-refractivity contribution in [2.24, 2.45) is 0 Å². The van der Waals surface area contributed by atoms with Gasteiger partial charge in [0, 0.05) is 16.1 Å². The molecule has 1 N–H and O–H groups in total. The van der Waals surface area contributed by atoms with Crippen LogP contribution >= 0.6 is 11.6 Å². The lowest BCUT2D eigenvalue weighted by Gasteiger charge is -1.99. The Labute approximate surface area is 148 Å². The number of nitrogens with zero attached hydrogens (tertiary/aromatic N) is 3. The first-order valence-electron chi connectivity index (χ1n) is 7.53. The van der Waals surface area contributed by atoms with E-state index in [1.54, 1.807) is 19.2 Å². The highest BCUT2D eigenvalue weighted by Gasteiger charge is 2.14. The third kappa shape index (κ3) is 3.12. The predicted octanol–water partition coefficient (Wildman–Crippen LogP) is 4.46. The van der Waals surface area contributed by atoms with Crippen LogP contribution in [0.4, 0.5) is 0 Å². The Balaban J connectivity index is 1.62. The number of rotatable bonds is 4. The van der Waals surface area contributed by atoms with Crippen LogP contribution in [0.1, 0.15) is 0 Å². The summed E-state index contributed by atoms with van der Waals surface area (Å²) in [5, 5.41) is 11.8. The van der Waals surface area contributed by atoms with E-state index in [1.807, 2.05) is 42.5 Å². The molecule has 2 heterocycles. The maximum atomic E-state index is 6.00. The van der Waals surface area contributed by atoms with Crippen LogP contribution in [0, 0.1) is 0 Å². The minimum absolute atomic E-state index is 0.363. The van der Waals surface area contributed by atoms with Crippen molar-refractivity contribution in [3.05, 3.63) is 59.6 Å². The van der Waals surface area contributed by atoms with Crippen molar-refractivity contribution in [2.45, 2.75) is 0 Å². The van der Waals surface area contributed by atoms with E-state index in [-0.39, 0.29) is 0 Å². The maximum absolute atomic E-state index is 6.00. The number of benzene rings is 2. The van der Waals surface area contributed by atoms with Crippen LogP contribution in [0.15, 0.2) is 59.1 Å². The second kappa shape index (κ2) is 6.41. The van der Waals surface area contributed by atoms with Crippen LogP contribution in [-0.2, 0) is 0 Å². The van der Waals surface area contributed by atoms with Crippen LogP contribution in [-0.4, -0.2) is 27.4 Å². The van der Waals surface area contributed by atoms with Crippen molar-refractivity contribution in [2.75, 3.05) is 7.11 Å².